The van der Waals surface area contributed by atoms with Gasteiger partial charge in [-0.3, -0.25) is 50.2 Å². The number of ether oxygens (including phenoxy) is 2. The van der Waals surface area contributed by atoms with Crippen LogP contribution in [0.1, 0.15) is 80.6 Å². The van der Waals surface area contributed by atoms with Crippen LogP contribution >= 0.6 is 23.2 Å². The molecule has 6 saturated heterocycles. The van der Waals surface area contributed by atoms with Crippen LogP contribution in [-0.4, -0.2) is 257 Å². The molecule has 23 rings (SSSR count). The van der Waals surface area contributed by atoms with E-state index in [1.165, 1.54) is 62.5 Å². The summed E-state index contributed by atoms with van der Waals surface area (Å²) in [6, 6.07) is 23.7. The van der Waals surface area contributed by atoms with E-state index in [0.717, 1.165) is 108 Å². The molecule has 0 aliphatic carbocycles. The first kappa shape index (κ1) is 101. The first-order chi connectivity index (χ1) is 70.3. The SMILES string of the molecule is CC1CC(CS(C)(=N)=O)C(C)N(c2ccnc(-c3cnc4ccc(Cl)cn34)n2)C1.CC1CC(CS(C)(=N)=O)C(C)N(c2ccnc(-c3cnc4ccc(Cl)cn34)n2)C1.FC(F)(F)c1ccc2ncc(-c3ccnc(N4CCOC(c5cn[nH]c5)C4)n3)n2c1.FC(F)(F)c1ccc2ncc(-c3nccc(N4CCOC(c5cn[nH]c5)C4)n3)n2c1.O=C1NCC2CN(c3ccnc(-c4cnc5ccc(C(F)(F)F)cn45)n3)CCN12. The van der Waals surface area contributed by atoms with Crippen molar-refractivity contribution in [2.24, 2.45) is 23.7 Å². The number of nitrogens with one attached hydrogen (secondary N) is 5. The second-order valence-corrected chi connectivity index (χ2v) is 42.5. The number of morpholine rings is 2. The molecule has 0 saturated carbocycles. The first-order valence-corrected chi connectivity index (χ1v) is 51.8. The molecule has 51 heteroatoms. The van der Waals surface area contributed by atoms with Gasteiger partial charge in [0.25, 0.3) is 0 Å². The van der Waals surface area contributed by atoms with Crippen LogP contribution in [-0.2, 0) is 47.5 Å². The lowest BCUT2D eigenvalue weighted by Crippen LogP contribution is -2.52. The van der Waals surface area contributed by atoms with Gasteiger partial charge in [-0.2, -0.15) is 49.7 Å². The second-order valence-electron chi connectivity index (χ2n) is 37.0. The lowest BCUT2D eigenvalue weighted by atomic mass is 9.86. The van der Waals surface area contributed by atoms with E-state index in [1.807, 2.05) is 55.3 Å². The fourth-order valence-electron chi connectivity index (χ4n) is 19.1. The van der Waals surface area contributed by atoms with Gasteiger partial charge in [-0.05, 0) is 141 Å². The summed E-state index contributed by atoms with van der Waals surface area (Å²) in [5.74, 6) is 7.33. The average molecular weight is 2100 g/mol. The van der Waals surface area contributed by atoms with Crippen LogP contribution in [0.3, 0.4) is 0 Å². The van der Waals surface area contributed by atoms with E-state index in [9.17, 15) is 52.7 Å². The molecule has 6 aliphatic heterocycles. The number of hydrogen-bond acceptors (Lipinski definition) is 29. The second kappa shape index (κ2) is 41.7. The van der Waals surface area contributed by atoms with Crippen molar-refractivity contribution in [2.45, 2.75) is 89.4 Å². The number of H-pyrrole nitrogens is 2. The van der Waals surface area contributed by atoms with E-state index in [2.05, 4.69) is 138 Å². The van der Waals surface area contributed by atoms with Gasteiger partial charge in [-0.25, -0.2) is 79.6 Å². The van der Waals surface area contributed by atoms with E-state index < -0.39 is 54.7 Å². The van der Waals surface area contributed by atoms with Crippen molar-refractivity contribution in [1.29, 1.82) is 9.56 Å². The van der Waals surface area contributed by atoms with Crippen molar-refractivity contribution < 1.29 is 62.2 Å². The van der Waals surface area contributed by atoms with Crippen LogP contribution in [0.4, 0.5) is 73.5 Å². The Balaban J connectivity index is 0.000000116. The molecule has 17 aromatic rings. The number of alkyl halides is 9. The fourth-order valence-corrected chi connectivity index (χ4v) is 21.9. The number of carbonyl (C=O) groups is 1. The Bertz CT molecular complexity index is 7480. The van der Waals surface area contributed by atoms with Gasteiger partial charge >= 0.3 is 24.6 Å². The van der Waals surface area contributed by atoms with Crippen molar-refractivity contribution in [2.75, 3.05) is 127 Å². The highest BCUT2D eigenvalue weighted by Gasteiger charge is 2.41. The normalized spacial score (nSPS) is 20.7. The molecule has 2 amide bonds. The van der Waals surface area contributed by atoms with Gasteiger partial charge < -0.3 is 44.2 Å². The van der Waals surface area contributed by atoms with E-state index in [4.69, 9.17) is 52.2 Å². The fraction of sp³-hybridized carbons (Fsp3) is 0.354. The zero-order chi connectivity index (χ0) is 103. The summed E-state index contributed by atoms with van der Waals surface area (Å²) >= 11 is 12.3. The molecular weight excluding hydrogens is 2000 g/mol. The Morgan fingerprint density at radius 2 is 0.776 bits per heavy atom. The Kier molecular flexibility index (Phi) is 28.6. The number of anilines is 5. The molecule has 5 N–H and O–H groups in total. The number of hydrogen-bond donors (Lipinski definition) is 5. The predicted octanol–water partition coefficient (Wildman–Crippen LogP) is 16.2. The number of rotatable bonds is 16. The molecule has 38 nitrogen and oxygen atoms in total. The minimum atomic E-state index is -4.45. The van der Waals surface area contributed by atoms with Gasteiger partial charge in [0.2, 0.25) is 5.95 Å². The number of pyridine rings is 5. The summed E-state index contributed by atoms with van der Waals surface area (Å²) in [4.78, 5) is 90.7. The number of halogens is 11. The summed E-state index contributed by atoms with van der Waals surface area (Å²) in [5.41, 5.74) is 5.60. The standard InChI is InChI=1S/2C20H25ClN6OS.2C19H16F3N7O.C18H16F3N7O/c2*1-13-8-15(12-29(3,22)28)14(2)26(10-13)19-6-7-23-20(25-19)17-9-24-18-5-4-16(21)11-27(17)18;20-19(21,22)13-1-2-16-24-9-14(29(16)10-13)18-23-4-3-17(27-18)28-5-6-30-15(11-28)12-7-25-26-8-12;20-19(21,22)13-1-2-17-24-9-15(29(17)10-13)14-3-4-23-18(27-14)28-5-6-30-16(11-28)12-7-25-26-8-12;19-18(20,21)11-1-2-14-23-8-13(28(14)9-11)16-22-4-3-15(25-16)26-5-6-27-12(10-26)7-24-17(27)29/h2*4-7,9,11,13-15,22H,8,10,12H2,1-3H3;1-4,7-10,15H,5-6,11H2,(H,25,26);1-4,7-10,16H,5-6,11H2,(H,25,26);1-4,8-9,12H,5-7,10H2,(H,24,29). The van der Waals surface area contributed by atoms with E-state index in [1.54, 1.807) is 98.5 Å². The summed E-state index contributed by atoms with van der Waals surface area (Å²) < 4.78 is 178. The first-order valence-electron chi connectivity index (χ1n) is 46.8. The topological polar surface area (TPSA) is 422 Å². The predicted molar refractivity (Wildman–Crippen MR) is 533 cm³/mol. The molecule has 147 heavy (non-hydrogen) atoms. The van der Waals surface area contributed by atoms with E-state index >= 15 is 0 Å². The smallest absolute Gasteiger partial charge is 0.370 e. The lowest BCUT2D eigenvalue weighted by molar-refractivity contribution is -0.138. The number of piperidine rings is 2. The Hall–Kier alpha value is -14.7. The molecule has 0 aromatic carbocycles. The number of nitrogens with zero attached hydrogens (tertiary/aromatic N) is 28. The third kappa shape index (κ3) is 22.9. The van der Waals surface area contributed by atoms with Gasteiger partial charge in [0.1, 0.15) is 86.5 Å². The molecule has 11 atom stereocenters. The van der Waals surface area contributed by atoms with E-state index in [0.29, 0.717) is 174 Å². The van der Waals surface area contributed by atoms with Gasteiger partial charge in [0.05, 0.1) is 107 Å². The molecule has 23 heterocycles. The van der Waals surface area contributed by atoms with Gasteiger partial charge in [0.15, 0.2) is 23.3 Å². The third-order valence-corrected chi connectivity index (χ3v) is 28.9. The van der Waals surface area contributed by atoms with Crippen molar-refractivity contribution in [3.63, 3.8) is 0 Å². The molecule has 766 valence electrons. The molecule has 0 radical (unpaired) electrons. The minimum absolute atomic E-state index is 0.0516. The quantitative estimate of drug-likeness (QED) is 0.0561. The molecule has 11 unspecified atom stereocenters. The highest BCUT2D eigenvalue weighted by Crippen LogP contribution is 2.40. The molecule has 6 fully saturated rings. The van der Waals surface area contributed by atoms with Gasteiger partial charge in [0, 0.05) is 200 Å². The van der Waals surface area contributed by atoms with Gasteiger partial charge in [-0.1, -0.05) is 37.0 Å². The van der Waals surface area contributed by atoms with Crippen LogP contribution in [0.15, 0.2) is 209 Å². The van der Waals surface area contributed by atoms with Crippen molar-refractivity contribution in [3.05, 3.63) is 247 Å². The summed E-state index contributed by atoms with van der Waals surface area (Å²) in [5, 5.41) is 17.5. The summed E-state index contributed by atoms with van der Waals surface area (Å²) in [7, 11) is -5.08. The van der Waals surface area contributed by atoms with Crippen molar-refractivity contribution in [1.82, 2.24) is 127 Å². The number of aromatic nitrogens is 24. The zero-order valence-electron chi connectivity index (χ0n) is 79.7. The highest BCUT2D eigenvalue weighted by molar-refractivity contribution is 7.91. The molecule has 0 spiro atoms. The minimum Gasteiger partial charge on any atom is -0.370 e. The number of imidazole rings is 5. The van der Waals surface area contributed by atoms with Gasteiger partial charge in [-0.15, -0.1) is 0 Å². The number of aromatic amines is 2. The highest BCUT2D eigenvalue weighted by atomic mass is 35.5. The third-order valence-electron chi connectivity index (χ3n) is 26.3. The number of fused-ring (bicyclic) bond motifs is 6. The van der Waals surface area contributed by atoms with Crippen LogP contribution in [0.2, 0.25) is 10.0 Å². The van der Waals surface area contributed by atoms with Crippen molar-refractivity contribution >= 4 is 106 Å². The van der Waals surface area contributed by atoms with Crippen molar-refractivity contribution in [3.8, 4) is 57.5 Å². The number of carbonyl (C=O) groups excluding carboxylic acids is 1. The summed E-state index contributed by atoms with van der Waals surface area (Å²) in [6.07, 6.45) is 21.2. The molecule has 0 bridgehead atoms. The van der Waals surface area contributed by atoms with Crippen LogP contribution in [0.5, 0.6) is 0 Å². The monoisotopic (exact) mass is 2100 g/mol. The van der Waals surface area contributed by atoms with E-state index in [-0.39, 0.29) is 54.0 Å². The number of piperazine rings is 1. The molecule has 17 aromatic heterocycles. The Morgan fingerprint density at radius 3 is 1.18 bits per heavy atom. The van der Waals surface area contributed by atoms with Crippen LogP contribution in [0, 0.1) is 33.2 Å². The molecule has 6 aliphatic rings. The Morgan fingerprint density at radius 1 is 0.408 bits per heavy atom. The Labute approximate surface area is 844 Å². The van der Waals surface area contributed by atoms with Crippen LogP contribution < -0.4 is 29.8 Å². The van der Waals surface area contributed by atoms with Crippen LogP contribution in [0.25, 0.3) is 85.7 Å². The summed E-state index contributed by atoms with van der Waals surface area (Å²) in [6.45, 7) is 16.2. The largest absolute Gasteiger partial charge is 0.417 e. The lowest BCUT2D eigenvalue weighted by Gasteiger charge is -2.43. The maximum absolute atomic E-state index is 13.1. The number of urea groups is 1. The maximum atomic E-state index is 13.1. The molecular formula is C96H98Cl2F9N33O5S2. The zero-order valence-corrected chi connectivity index (χ0v) is 82.8. The average Bonchev–Trinajstić information content (AvgIpc) is 1.65. The number of amides is 2. The maximum Gasteiger partial charge on any atom is 0.417 e.